The minimum atomic E-state index is -0.374. The van der Waals surface area contributed by atoms with E-state index >= 15 is 0 Å². The number of hydrogen-bond donors (Lipinski definition) is 1. The van der Waals surface area contributed by atoms with E-state index < -0.39 is 0 Å². The fourth-order valence-electron chi connectivity index (χ4n) is 1.64. The molecule has 2 rings (SSSR count). The number of rotatable bonds is 5. The molecule has 0 aliphatic heterocycles. The molecule has 22 heavy (non-hydrogen) atoms. The van der Waals surface area contributed by atoms with E-state index in [1.807, 2.05) is 12.1 Å². The van der Waals surface area contributed by atoms with E-state index in [1.165, 1.54) is 12.1 Å². The molecule has 4 nitrogen and oxygen atoms in total. The Morgan fingerprint density at radius 2 is 2.00 bits per heavy atom. The van der Waals surface area contributed by atoms with Crippen molar-refractivity contribution in [2.75, 3.05) is 6.61 Å². The van der Waals surface area contributed by atoms with Gasteiger partial charge in [-0.1, -0.05) is 34.1 Å². The van der Waals surface area contributed by atoms with Crippen molar-refractivity contribution in [2.24, 2.45) is 5.10 Å². The van der Waals surface area contributed by atoms with Gasteiger partial charge in [0.05, 0.1) is 5.71 Å². The summed E-state index contributed by atoms with van der Waals surface area (Å²) in [6, 6.07) is 13.1. The second-order valence-corrected chi connectivity index (χ2v) is 5.40. The SMILES string of the molecule is CC(=NNC(=O)COc1cccc(Br)c1)c1ccc(F)cc1. The number of nitrogens with one attached hydrogen (secondary N) is 1. The molecule has 0 aliphatic rings. The Morgan fingerprint density at radius 1 is 1.27 bits per heavy atom. The first kappa shape index (κ1) is 16.2. The predicted molar refractivity (Wildman–Crippen MR) is 86.4 cm³/mol. The lowest BCUT2D eigenvalue weighted by atomic mass is 10.1. The summed E-state index contributed by atoms with van der Waals surface area (Å²) in [7, 11) is 0. The first-order valence-electron chi connectivity index (χ1n) is 6.52. The van der Waals surface area contributed by atoms with Gasteiger partial charge in [0, 0.05) is 4.47 Å². The van der Waals surface area contributed by atoms with Crippen LogP contribution in [0.2, 0.25) is 0 Å². The Labute approximate surface area is 136 Å². The monoisotopic (exact) mass is 364 g/mol. The number of carbonyl (C=O) groups is 1. The minimum absolute atomic E-state index is 0.142. The number of hydrogen-bond acceptors (Lipinski definition) is 3. The first-order chi connectivity index (χ1) is 10.5. The third kappa shape index (κ3) is 4.96. The van der Waals surface area contributed by atoms with Crippen LogP contribution in [-0.2, 0) is 4.79 Å². The maximum atomic E-state index is 12.8. The highest BCUT2D eigenvalue weighted by Gasteiger charge is 2.03. The quantitative estimate of drug-likeness (QED) is 0.651. The summed E-state index contributed by atoms with van der Waals surface area (Å²) in [5.74, 6) is -0.104. The first-order valence-corrected chi connectivity index (χ1v) is 7.31. The lowest BCUT2D eigenvalue weighted by Gasteiger charge is -2.06. The molecule has 6 heteroatoms. The maximum absolute atomic E-state index is 12.8. The van der Waals surface area contributed by atoms with Crippen LogP contribution < -0.4 is 10.2 Å². The van der Waals surface area contributed by atoms with E-state index in [0.717, 1.165) is 10.0 Å². The summed E-state index contributed by atoms with van der Waals surface area (Å²) < 4.78 is 19.0. The lowest BCUT2D eigenvalue weighted by Crippen LogP contribution is -2.25. The summed E-state index contributed by atoms with van der Waals surface area (Å²) in [6.07, 6.45) is 0. The van der Waals surface area contributed by atoms with E-state index in [-0.39, 0.29) is 18.3 Å². The Morgan fingerprint density at radius 3 is 2.68 bits per heavy atom. The molecular formula is C16H14BrFN2O2. The Kier molecular flexibility index (Phi) is 5.66. The average molecular weight is 365 g/mol. The zero-order chi connectivity index (χ0) is 15.9. The number of halogens is 2. The molecule has 0 radical (unpaired) electrons. The van der Waals surface area contributed by atoms with Crippen LogP contribution in [0.15, 0.2) is 58.1 Å². The highest BCUT2D eigenvalue weighted by Crippen LogP contribution is 2.17. The molecule has 1 N–H and O–H groups in total. The third-order valence-corrected chi connectivity index (χ3v) is 3.27. The summed E-state index contributed by atoms with van der Waals surface area (Å²) >= 11 is 3.32. The van der Waals surface area contributed by atoms with Crippen LogP contribution in [0.3, 0.4) is 0 Å². The fourth-order valence-corrected chi connectivity index (χ4v) is 2.02. The van der Waals surface area contributed by atoms with E-state index in [1.54, 1.807) is 31.2 Å². The lowest BCUT2D eigenvalue weighted by molar-refractivity contribution is -0.123. The topological polar surface area (TPSA) is 50.7 Å². The van der Waals surface area contributed by atoms with Gasteiger partial charge >= 0.3 is 0 Å². The predicted octanol–water partition coefficient (Wildman–Crippen LogP) is 3.51. The molecule has 0 aliphatic carbocycles. The van der Waals surface area contributed by atoms with Gasteiger partial charge in [-0.05, 0) is 42.8 Å². The van der Waals surface area contributed by atoms with Crippen LogP contribution in [0.25, 0.3) is 0 Å². The van der Waals surface area contributed by atoms with Gasteiger partial charge in [0.15, 0.2) is 6.61 Å². The van der Waals surface area contributed by atoms with Gasteiger partial charge in [-0.2, -0.15) is 5.10 Å². The van der Waals surface area contributed by atoms with Crippen LogP contribution in [0, 0.1) is 5.82 Å². The van der Waals surface area contributed by atoms with Crippen molar-refractivity contribution in [2.45, 2.75) is 6.92 Å². The molecule has 1 amide bonds. The van der Waals surface area contributed by atoms with Gasteiger partial charge in [-0.15, -0.1) is 0 Å². The zero-order valence-electron chi connectivity index (χ0n) is 11.8. The molecule has 0 aromatic heterocycles. The van der Waals surface area contributed by atoms with E-state index in [4.69, 9.17) is 4.74 Å². The summed E-state index contributed by atoms with van der Waals surface area (Å²) in [6.45, 7) is 1.58. The standard InChI is InChI=1S/C16H14BrFN2O2/c1-11(12-5-7-14(18)8-6-12)19-20-16(21)10-22-15-4-2-3-13(17)9-15/h2-9H,10H2,1H3,(H,20,21). The molecule has 0 saturated carbocycles. The van der Waals surface area contributed by atoms with Crippen molar-refractivity contribution >= 4 is 27.5 Å². The summed E-state index contributed by atoms with van der Waals surface area (Å²) in [5.41, 5.74) is 3.71. The normalized spacial score (nSPS) is 11.1. The summed E-state index contributed by atoms with van der Waals surface area (Å²) in [5, 5.41) is 3.96. The fraction of sp³-hybridized carbons (Fsp3) is 0.125. The highest BCUT2D eigenvalue weighted by molar-refractivity contribution is 9.10. The molecule has 2 aromatic rings. The van der Waals surface area contributed by atoms with Crippen molar-refractivity contribution in [3.05, 3.63) is 64.4 Å². The number of ether oxygens (including phenoxy) is 1. The average Bonchev–Trinajstić information content (AvgIpc) is 2.51. The molecule has 2 aromatic carbocycles. The van der Waals surface area contributed by atoms with Crippen LogP contribution >= 0.6 is 15.9 Å². The molecule has 0 saturated heterocycles. The molecule has 0 fully saturated rings. The third-order valence-electron chi connectivity index (χ3n) is 2.78. The smallest absolute Gasteiger partial charge is 0.277 e. The van der Waals surface area contributed by atoms with Crippen LogP contribution in [0.1, 0.15) is 12.5 Å². The number of carbonyl (C=O) groups excluding carboxylic acids is 1. The largest absolute Gasteiger partial charge is 0.484 e. The molecule has 114 valence electrons. The van der Waals surface area contributed by atoms with Gasteiger partial charge in [0.25, 0.3) is 5.91 Å². The maximum Gasteiger partial charge on any atom is 0.277 e. The van der Waals surface area contributed by atoms with Crippen LogP contribution in [0.5, 0.6) is 5.75 Å². The Balaban J connectivity index is 1.86. The second kappa shape index (κ2) is 7.70. The molecule has 0 atom stereocenters. The molecule has 0 bridgehead atoms. The van der Waals surface area contributed by atoms with E-state index in [0.29, 0.717) is 11.5 Å². The van der Waals surface area contributed by atoms with Gasteiger partial charge in [0.1, 0.15) is 11.6 Å². The second-order valence-electron chi connectivity index (χ2n) is 4.49. The van der Waals surface area contributed by atoms with Gasteiger partial charge in [-0.3, -0.25) is 4.79 Å². The van der Waals surface area contributed by atoms with Crippen molar-refractivity contribution in [1.82, 2.24) is 5.43 Å². The number of hydrazone groups is 1. The van der Waals surface area contributed by atoms with E-state index in [2.05, 4.69) is 26.5 Å². The van der Waals surface area contributed by atoms with Crippen molar-refractivity contribution < 1.29 is 13.9 Å². The Hall–Kier alpha value is -2.21. The molecule has 0 heterocycles. The highest BCUT2D eigenvalue weighted by atomic mass is 79.9. The van der Waals surface area contributed by atoms with Crippen molar-refractivity contribution in [3.8, 4) is 5.75 Å². The number of amides is 1. The van der Waals surface area contributed by atoms with Gasteiger partial charge in [-0.25, -0.2) is 9.82 Å². The minimum Gasteiger partial charge on any atom is -0.484 e. The molecule has 0 unspecified atom stereocenters. The van der Waals surface area contributed by atoms with Crippen molar-refractivity contribution in [1.29, 1.82) is 0 Å². The molecular weight excluding hydrogens is 351 g/mol. The van der Waals surface area contributed by atoms with E-state index in [9.17, 15) is 9.18 Å². The van der Waals surface area contributed by atoms with Gasteiger partial charge in [0.2, 0.25) is 0 Å². The number of benzene rings is 2. The van der Waals surface area contributed by atoms with Crippen LogP contribution in [-0.4, -0.2) is 18.2 Å². The number of nitrogens with zero attached hydrogens (tertiary/aromatic N) is 1. The van der Waals surface area contributed by atoms with Crippen molar-refractivity contribution in [3.63, 3.8) is 0 Å². The van der Waals surface area contributed by atoms with Crippen LogP contribution in [0.4, 0.5) is 4.39 Å². The van der Waals surface area contributed by atoms with Gasteiger partial charge < -0.3 is 4.74 Å². The summed E-state index contributed by atoms with van der Waals surface area (Å²) in [4.78, 5) is 11.7. The molecule has 0 spiro atoms. The zero-order valence-corrected chi connectivity index (χ0v) is 13.4. The Bertz CT molecular complexity index is 687.